The molecule has 31 heavy (non-hydrogen) atoms. The molecule has 0 saturated carbocycles. The Bertz CT molecular complexity index is 1040. The van der Waals surface area contributed by atoms with E-state index in [1.165, 1.54) is 11.4 Å². The van der Waals surface area contributed by atoms with Crippen LogP contribution in [0.15, 0.2) is 42.5 Å². The lowest BCUT2D eigenvalue weighted by Gasteiger charge is -2.34. The number of hydrogen-bond acceptors (Lipinski definition) is 3. The van der Waals surface area contributed by atoms with E-state index in [2.05, 4.69) is 64.5 Å². The van der Waals surface area contributed by atoms with E-state index in [-0.39, 0.29) is 17.9 Å². The molecule has 0 bridgehead atoms. The fraction of sp³-hybridized carbons (Fsp3) is 0.440. The molecule has 1 aliphatic rings. The summed E-state index contributed by atoms with van der Waals surface area (Å²) in [6, 6.07) is 14.8. The Morgan fingerprint density at radius 2 is 1.61 bits per heavy atom. The van der Waals surface area contributed by atoms with Gasteiger partial charge < -0.3 is 14.8 Å². The van der Waals surface area contributed by atoms with Gasteiger partial charge in [-0.25, -0.2) is 4.68 Å². The smallest absolute Gasteiger partial charge is 0.223 e. The molecule has 1 saturated heterocycles. The first-order valence-electron chi connectivity index (χ1n) is 11.2. The number of anilines is 1. The number of benzene rings is 1. The molecule has 6 heteroatoms. The van der Waals surface area contributed by atoms with E-state index in [1.54, 1.807) is 0 Å². The number of nitrogens with zero attached hydrogens (tertiary/aromatic N) is 4. The SMILES string of the molecule is Cc1nn(-c2ccccc2)c(N2CCC(C(=O)NC(C)C)CC2)c1-n1c(C)ccc1C. The molecule has 0 atom stereocenters. The quantitative estimate of drug-likeness (QED) is 0.670. The molecule has 164 valence electrons. The van der Waals surface area contributed by atoms with Crippen molar-refractivity contribution in [2.45, 2.75) is 53.5 Å². The monoisotopic (exact) mass is 419 g/mol. The van der Waals surface area contributed by atoms with Crippen LogP contribution in [0.1, 0.15) is 43.8 Å². The van der Waals surface area contributed by atoms with Crippen molar-refractivity contribution < 1.29 is 4.79 Å². The zero-order chi connectivity index (χ0) is 22.1. The van der Waals surface area contributed by atoms with E-state index < -0.39 is 0 Å². The Labute approximate surface area is 184 Å². The number of amides is 1. The number of nitrogens with one attached hydrogen (secondary N) is 1. The second-order valence-corrected chi connectivity index (χ2v) is 8.88. The summed E-state index contributed by atoms with van der Waals surface area (Å²) in [5, 5.41) is 8.04. The third kappa shape index (κ3) is 4.11. The van der Waals surface area contributed by atoms with Crippen molar-refractivity contribution in [3.63, 3.8) is 0 Å². The minimum atomic E-state index is 0.0753. The maximum Gasteiger partial charge on any atom is 0.223 e. The van der Waals surface area contributed by atoms with Crippen molar-refractivity contribution in [3.05, 3.63) is 59.5 Å². The third-order valence-corrected chi connectivity index (χ3v) is 6.10. The molecule has 1 amide bonds. The van der Waals surface area contributed by atoms with E-state index in [0.717, 1.165) is 48.8 Å². The van der Waals surface area contributed by atoms with Gasteiger partial charge >= 0.3 is 0 Å². The molecule has 3 heterocycles. The Hall–Kier alpha value is -3.02. The first kappa shape index (κ1) is 21.2. The van der Waals surface area contributed by atoms with Crippen LogP contribution in [0.4, 0.5) is 5.82 Å². The Morgan fingerprint density at radius 1 is 1.00 bits per heavy atom. The number of carbonyl (C=O) groups is 1. The van der Waals surface area contributed by atoms with Gasteiger partial charge in [0.05, 0.1) is 11.4 Å². The maximum atomic E-state index is 12.5. The summed E-state index contributed by atoms with van der Waals surface area (Å²) in [5.74, 6) is 1.36. The molecule has 0 radical (unpaired) electrons. The molecule has 4 rings (SSSR count). The van der Waals surface area contributed by atoms with Gasteiger partial charge in [0, 0.05) is 36.4 Å². The minimum absolute atomic E-state index is 0.0753. The summed E-state index contributed by atoms with van der Waals surface area (Å²) in [7, 11) is 0. The fourth-order valence-electron chi connectivity index (χ4n) is 4.58. The average molecular weight is 420 g/mol. The van der Waals surface area contributed by atoms with Crippen molar-refractivity contribution >= 4 is 11.7 Å². The van der Waals surface area contributed by atoms with Crippen LogP contribution < -0.4 is 10.2 Å². The zero-order valence-electron chi connectivity index (χ0n) is 19.2. The number of carbonyl (C=O) groups excluding carboxylic acids is 1. The summed E-state index contributed by atoms with van der Waals surface area (Å²) < 4.78 is 4.37. The molecule has 1 aromatic carbocycles. The summed E-state index contributed by atoms with van der Waals surface area (Å²) in [4.78, 5) is 14.9. The molecule has 0 spiro atoms. The summed E-state index contributed by atoms with van der Waals surface area (Å²) >= 11 is 0. The largest absolute Gasteiger partial charge is 0.355 e. The Balaban J connectivity index is 1.74. The zero-order valence-corrected chi connectivity index (χ0v) is 19.2. The van der Waals surface area contributed by atoms with Crippen LogP contribution in [-0.4, -0.2) is 39.4 Å². The first-order chi connectivity index (χ1) is 14.9. The topological polar surface area (TPSA) is 55.1 Å². The number of rotatable bonds is 5. The van der Waals surface area contributed by atoms with Crippen molar-refractivity contribution in [1.29, 1.82) is 0 Å². The van der Waals surface area contributed by atoms with Crippen molar-refractivity contribution in [2.75, 3.05) is 18.0 Å². The van der Waals surface area contributed by atoms with Gasteiger partial charge in [0.2, 0.25) is 5.91 Å². The van der Waals surface area contributed by atoms with Crippen LogP contribution in [0.3, 0.4) is 0 Å². The summed E-state index contributed by atoms with van der Waals surface area (Å²) in [6.45, 7) is 12.1. The highest BCUT2D eigenvalue weighted by Gasteiger charge is 2.30. The second-order valence-electron chi connectivity index (χ2n) is 8.88. The molecule has 0 aliphatic carbocycles. The van der Waals surface area contributed by atoms with Crippen LogP contribution in [0.25, 0.3) is 11.4 Å². The van der Waals surface area contributed by atoms with Gasteiger partial charge in [-0.05, 0) is 71.7 Å². The number of aryl methyl sites for hydroxylation is 3. The van der Waals surface area contributed by atoms with E-state index >= 15 is 0 Å². The average Bonchev–Trinajstić information content (AvgIpc) is 3.26. The fourth-order valence-corrected chi connectivity index (χ4v) is 4.58. The summed E-state index contributed by atoms with van der Waals surface area (Å²) in [5.41, 5.74) is 5.57. The Kier molecular flexibility index (Phi) is 5.90. The lowest BCUT2D eigenvalue weighted by atomic mass is 9.95. The maximum absolute atomic E-state index is 12.5. The van der Waals surface area contributed by atoms with Crippen molar-refractivity contribution in [2.24, 2.45) is 5.92 Å². The van der Waals surface area contributed by atoms with Gasteiger partial charge in [-0.2, -0.15) is 5.10 Å². The lowest BCUT2D eigenvalue weighted by Crippen LogP contribution is -2.43. The van der Waals surface area contributed by atoms with E-state index in [4.69, 9.17) is 5.10 Å². The molecule has 1 fully saturated rings. The van der Waals surface area contributed by atoms with Crippen LogP contribution in [0.2, 0.25) is 0 Å². The van der Waals surface area contributed by atoms with E-state index in [9.17, 15) is 4.79 Å². The van der Waals surface area contributed by atoms with Gasteiger partial charge in [0.1, 0.15) is 5.69 Å². The second kappa shape index (κ2) is 8.61. The number of aromatic nitrogens is 3. The van der Waals surface area contributed by atoms with Gasteiger partial charge in [-0.1, -0.05) is 18.2 Å². The lowest BCUT2D eigenvalue weighted by molar-refractivity contribution is -0.126. The van der Waals surface area contributed by atoms with Crippen LogP contribution >= 0.6 is 0 Å². The summed E-state index contributed by atoms with van der Waals surface area (Å²) in [6.07, 6.45) is 1.70. The van der Waals surface area contributed by atoms with Crippen molar-refractivity contribution in [3.8, 4) is 11.4 Å². The normalized spacial score (nSPS) is 15.0. The van der Waals surface area contributed by atoms with Crippen LogP contribution in [0.5, 0.6) is 0 Å². The minimum Gasteiger partial charge on any atom is -0.355 e. The number of para-hydroxylation sites is 1. The van der Waals surface area contributed by atoms with Crippen molar-refractivity contribution in [1.82, 2.24) is 19.7 Å². The van der Waals surface area contributed by atoms with Crippen LogP contribution in [0, 0.1) is 26.7 Å². The molecule has 2 aromatic heterocycles. The van der Waals surface area contributed by atoms with E-state index in [1.807, 2.05) is 32.0 Å². The molecule has 1 N–H and O–H groups in total. The highest BCUT2D eigenvalue weighted by molar-refractivity contribution is 5.79. The Morgan fingerprint density at radius 3 is 2.19 bits per heavy atom. The van der Waals surface area contributed by atoms with Crippen LogP contribution in [-0.2, 0) is 4.79 Å². The molecular formula is C25H33N5O. The van der Waals surface area contributed by atoms with E-state index in [0.29, 0.717) is 0 Å². The highest BCUT2D eigenvalue weighted by atomic mass is 16.1. The highest BCUT2D eigenvalue weighted by Crippen LogP contribution is 2.35. The van der Waals surface area contributed by atoms with Gasteiger partial charge in [0.15, 0.2) is 5.82 Å². The molecule has 6 nitrogen and oxygen atoms in total. The molecular weight excluding hydrogens is 386 g/mol. The van der Waals surface area contributed by atoms with Gasteiger partial charge in [-0.15, -0.1) is 0 Å². The standard InChI is InChI=1S/C25H33N5O/c1-17(2)26-24(31)21-13-15-28(16-14-21)25-23(29-18(3)11-12-19(29)4)20(5)27-30(25)22-9-7-6-8-10-22/h6-12,17,21H,13-16H2,1-5H3,(H,26,31). The van der Waals surface area contributed by atoms with Gasteiger partial charge in [-0.3, -0.25) is 4.79 Å². The number of piperidine rings is 1. The predicted molar refractivity (Wildman–Crippen MR) is 125 cm³/mol. The predicted octanol–water partition coefficient (Wildman–Crippen LogP) is 4.33. The van der Waals surface area contributed by atoms with Gasteiger partial charge in [0.25, 0.3) is 0 Å². The molecule has 3 aromatic rings. The molecule has 0 unspecified atom stereocenters. The molecule has 1 aliphatic heterocycles. The third-order valence-electron chi connectivity index (χ3n) is 6.10. The number of hydrogen-bond donors (Lipinski definition) is 1. The first-order valence-corrected chi connectivity index (χ1v) is 11.2.